The number of fused-ring (bicyclic) bond motifs is 1. The molecule has 7 heteroatoms. The predicted molar refractivity (Wildman–Crippen MR) is 86.3 cm³/mol. The second-order valence-corrected chi connectivity index (χ2v) is 5.69. The molecule has 0 bridgehead atoms. The van der Waals surface area contributed by atoms with Crippen molar-refractivity contribution in [2.24, 2.45) is 0 Å². The van der Waals surface area contributed by atoms with E-state index in [2.05, 4.69) is 25.4 Å². The van der Waals surface area contributed by atoms with Crippen LogP contribution in [0.4, 0.5) is 0 Å². The lowest BCUT2D eigenvalue weighted by Gasteiger charge is -2.26. The standard InChI is InChI=1S/C16H21N5O2/c1-12-3-4-13-14(11-12)18-15(20-19-13)16(22)17-5-2-6-21-7-9-23-10-8-21/h3-4,11H,2,5-10H2,1H3,(H,17,22). The highest BCUT2D eigenvalue weighted by Crippen LogP contribution is 2.10. The number of nitrogens with zero attached hydrogens (tertiary/aromatic N) is 4. The first-order chi connectivity index (χ1) is 11.2. The number of aryl methyl sites for hydroxylation is 1. The van der Waals surface area contributed by atoms with Gasteiger partial charge in [-0.3, -0.25) is 9.69 Å². The molecule has 1 saturated heterocycles. The SMILES string of the molecule is Cc1ccc2nnc(C(=O)NCCCN3CCOCC3)nc2c1. The Morgan fingerprint density at radius 2 is 2.09 bits per heavy atom. The summed E-state index contributed by atoms with van der Waals surface area (Å²) >= 11 is 0. The molecule has 2 aromatic rings. The summed E-state index contributed by atoms with van der Waals surface area (Å²) in [6.45, 7) is 7.05. The Morgan fingerprint density at radius 3 is 2.91 bits per heavy atom. The Kier molecular flexibility index (Phi) is 5.09. The molecule has 1 fully saturated rings. The van der Waals surface area contributed by atoms with E-state index >= 15 is 0 Å². The molecule has 0 spiro atoms. The summed E-state index contributed by atoms with van der Waals surface area (Å²) in [7, 11) is 0. The van der Waals surface area contributed by atoms with Gasteiger partial charge < -0.3 is 10.1 Å². The van der Waals surface area contributed by atoms with Crippen molar-refractivity contribution in [3.63, 3.8) is 0 Å². The molecule has 0 aliphatic carbocycles. The first-order valence-corrected chi connectivity index (χ1v) is 7.92. The molecule has 1 aliphatic rings. The van der Waals surface area contributed by atoms with Crippen molar-refractivity contribution in [1.82, 2.24) is 25.4 Å². The van der Waals surface area contributed by atoms with Crippen molar-refractivity contribution in [3.8, 4) is 0 Å². The van der Waals surface area contributed by atoms with Gasteiger partial charge in [-0.2, -0.15) is 0 Å². The molecule has 1 aromatic carbocycles. The van der Waals surface area contributed by atoms with Crippen LogP contribution in [0.25, 0.3) is 11.0 Å². The van der Waals surface area contributed by atoms with E-state index < -0.39 is 0 Å². The van der Waals surface area contributed by atoms with E-state index in [1.807, 2.05) is 25.1 Å². The summed E-state index contributed by atoms with van der Waals surface area (Å²) in [4.78, 5) is 18.7. The van der Waals surface area contributed by atoms with Crippen LogP contribution in [0.3, 0.4) is 0 Å². The summed E-state index contributed by atoms with van der Waals surface area (Å²) in [6.07, 6.45) is 0.895. The molecule has 1 aromatic heterocycles. The maximum absolute atomic E-state index is 12.1. The summed E-state index contributed by atoms with van der Waals surface area (Å²) in [5, 5.41) is 10.8. The van der Waals surface area contributed by atoms with Gasteiger partial charge in [-0.15, -0.1) is 10.2 Å². The van der Waals surface area contributed by atoms with Crippen LogP contribution in [0.15, 0.2) is 18.2 Å². The van der Waals surface area contributed by atoms with E-state index in [-0.39, 0.29) is 11.7 Å². The van der Waals surface area contributed by atoms with E-state index in [1.54, 1.807) is 0 Å². The first kappa shape index (κ1) is 15.8. The second-order valence-electron chi connectivity index (χ2n) is 5.69. The average molecular weight is 315 g/mol. The van der Waals surface area contributed by atoms with Crippen LogP contribution in [-0.4, -0.2) is 65.4 Å². The zero-order chi connectivity index (χ0) is 16.1. The molecule has 122 valence electrons. The third-order valence-corrected chi connectivity index (χ3v) is 3.85. The minimum atomic E-state index is -0.275. The maximum atomic E-state index is 12.1. The van der Waals surface area contributed by atoms with Crippen LogP contribution < -0.4 is 5.32 Å². The van der Waals surface area contributed by atoms with Gasteiger partial charge in [0.2, 0.25) is 5.82 Å². The van der Waals surface area contributed by atoms with Gasteiger partial charge in [0.1, 0.15) is 5.52 Å². The van der Waals surface area contributed by atoms with Gasteiger partial charge in [0, 0.05) is 19.6 Å². The maximum Gasteiger partial charge on any atom is 0.291 e. The van der Waals surface area contributed by atoms with Crippen LogP contribution in [0.2, 0.25) is 0 Å². The van der Waals surface area contributed by atoms with Gasteiger partial charge in [0.15, 0.2) is 0 Å². The van der Waals surface area contributed by atoms with Crippen molar-refractivity contribution in [1.29, 1.82) is 0 Å². The highest BCUT2D eigenvalue weighted by Gasteiger charge is 2.12. The number of hydrogen-bond acceptors (Lipinski definition) is 6. The second kappa shape index (κ2) is 7.43. The summed E-state index contributed by atoms with van der Waals surface area (Å²) in [6, 6.07) is 5.71. The number of morpholine rings is 1. The molecule has 2 heterocycles. The largest absolute Gasteiger partial charge is 0.379 e. The van der Waals surface area contributed by atoms with Crippen LogP contribution in [-0.2, 0) is 4.74 Å². The van der Waals surface area contributed by atoms with Crippen LogP contribution in [0.1, 0.15) is 22.6 Å². The zero-order valence-corrected chi connectivity index (χ0v) is 13.3. The minimum absolute atomic E-state index is 0.120. The van der Waals surface area contributed by atoms with E-state index in [4.69, 9.17) is 4.74 Å². The third kappa shape index (κ3) is 4.20. The van der Waals surface area contributed by atoms with Gasteiger partial charge >= 0.3 is 0 Å². The number of amides is 1. The summed E-state index contributed by atoms with van der Waals surface area (Å²) in [5.74, 6) is -0.155. The fraction of sp³-hybridized carbons (Fsp3) is 0.500. The minimum Gasteiger partial charge on any atom is -0.379 e. The van der Waals surface area contributed by atoms with Gasteiger partial charge in [-0.05, 0) is 37.6 Å². The van der Waals surface area contributed by atoms with Crippen molar-refractivity contribution in [2.45, 2.75) is 13.3 Å². The van der Waals surface area contributed by atoms with Crippen LogP contribution in [0.5, 0.6) is 0 Å². The number of benzene rings is 1. The Hall–Kier alpha value is -2.12. The molecule has 0 unspecified atom stereocenters. The number of carbonyl (C=O) groups is 1. The molecule has 7 nitrogen and oxygen atoms in total. The normalized spacial score (nSPS) is 15.7. The lowest BCUT2D eigenvalue weighted by Crippen LogP contribution is -2.38. The fourth-order valence-electron chi connectivity index (χ4n) is 2.55. The van der Waals surface area contributed by atoms with E-state index in [9.17, 15) is 4.79 Å². The number of rotatable bonds is 5. The Balaban J connectivity index is 1.51. The smallest absolute Gasteiger partial charge is 0.291 e. The number of carbonyl (C=O) groups excluding carboxylic acids is 1. The van der Waals surface area contributed by atoms with Crippen molar-refractivity contribution >= 4 is 16.9 Å². The molecule has 23 heavy (non-hydrogen) atoms. The zero-order valence-electron chi connectivity index (χ0n) is 13.3. The Labute approximate surface area is 135 Å². The summed E-state index contributed by atoms with van der Waals surface area (Å²) < 4.78 is 5.31. The first-order valence-electron chi connectivity index (χ1n) is 7.92. The molecular weight excluding hydrogens is 294 g/mol. The van der Waals surface area contributed by atoms with E-state index in [0.29, 0.717) is 17.6 Å². The number of ether oxygens (including phenoxy) is 1. The molecule has 1 amide bonds. The van der Waals surface area contributed by atoms with Gasteiger partial charge in [-0.1, -0.05) is 6.07 Å². The molecular formula is C16H21N5O2. The van der Waals surface area contributed by atoms with Gasteiger partial charge in [0.25, 0.3) is 5.91 Å². The van der Waals surface area contributed by atoms with Gasteiger partial charge in [-0.25, -0.2) is 4.98 Å². The molecule has 0 radical (unpaired) electrons. The molecule has 1 aliphatic heterocycles. The number of aromatic nitrogens is 3. The highest BCUT2D eigenvalue weighted by atomic mass is 16.5. The fourth-order valence-corrected chi connectivity index (χ4v) is 2.55. The average Bonchev–Trinajstić information content (AvgIpc) is 2.58. The number of nitrogens with one attached hydrogen (secondary N) is 1. The Bertz CT molecular complexity index is 685. The number of hydrogen-bond donors (Lipinski definition) is 1. The monoisotopic (exact) mass is 315 g/mol. The molecule has 0 saturated carbocycles. The van der Waals surface area contributed by atoms with Crippen LogP contribution in [0, 0.1) is 6.92 Å². The lowest BCUT2D eigenvalue weighted by atomic mass is 10.2. The van der Waals surface area contributed by atoms with Gasteiger partial charge in [0.05, 0.1) is 18.7 Å². The lowest BCUT2D eigenvalue weighted by molar-refractivity contribution is 0.0374. The van der Waals surface area contributed by atoms with Crippen molar-refractivity contribution in [3.05, 3.63) is 29.6 Å². The Morgan fingerprint density at radius 1 is 1.26 bits per heavy atom. The summed E-state index contributed by atoms with van der Waals surface area (Å²) in [5.41, 5.74) is 2.47. The van der Waals surface area contributed by atoms with Crippen LogP contribution >= 0.6 is 0 Å². The van der Waals surface area contributed by atoms with Crippen molar-refractivity contribution < 1.29 is 9.53 Å². The molecule has 0 atom stereocenters. The third-order valence-electron chi connectivity index (χ3n) is 3.85. The van der Waals surface area contributed by atoms with E-state index in [1.165, 1.54) is 0 Å². The quantitative estimate of drug-likeness (QED) is 0.822. The topological polar surface area (TPSA) is 80.2 Å². The highest BCUT2D eigenvalue weighted by molar-refractivity contribution is 5.91. The predicted octanol–water partition coefficient (Wildman–Crippen LogP) is 0.785. The van der Waals surface area contributed by atoms with E-state index in [0.717, 1.165) is 44.8 Å². The van der Waals surface area contributed by atoms with Crippen molar-refractivity contribution in [2.75, 3.05) is 39.4 Å². The molecule has 1 N–H and O–H groups in total. The molecule has 3 rings (SSSR count).